The summed E-state index contributed by atoms with van der Waals surface area (Å²) < 4.78 is 5.51. The average molecular weight is 320 g/mol. The Balaban J connectivity index is 2.98. The number of esters is 1. The molecule has 0 unspecified atom stereocenters. The fourth-order valence-electron chi connectivity index (χ4n) is 1.34. The fourth-order valence-corrected chi connectivity index (χ4v) is 2.00. The third-order valence-electron chi connectivity index (χ3n) is 2.11. The molecule has 5 heteroatoms. The minimum Gasteiger partial charge on any atom is -0.462 e. The lowest BCUT2D eigenvalue weighted by Crippen LogP contribution is -2.09. The van der Waals surface area contributed by atoms with Gasteiger partial charge in [-0.2, -0.15) is 0 Å². The van der Waals surface area contributed by atoms with Gasteiger partial charge in [-0.3, -0.25) is 4.79 Å². The van der Waals surface area contributed by atoms with Gasteiger partial charge in [0.25, 0.3) is 0 Å². The van der Waals surface area contributed by atoms with E-state index in [-0.39, 0.29) is 18.1 Å². The van der Waals surface area contributed by atoms with Gasteiger partial charge in [0.05, 0.1) is 18.1 Å². The Hall–Kier alpha value is -0.870. The first-order valence-electron chi connectivity index (χ1n) is 5.12. The van der Waals surface area contributed by atoms with E-state index in [0.29, 0.717) is 16.6 Å². The molecule has 0 saturated heterocycles. The zero-order valence-corrected chi connectivity index (χ0v) is 11.7. The highest BCUT2D eigenvalue weighted by Gasteiger charge is 2.15. The number of ether oxygens (including phenoxy) is 1. The van der Waals surface area contributed by atoms with Gasteiger partial charge in [0, 0.05) is 10.9 Å². The van der Waals surface area contributed by atoms with Crippen molar-refractivity contribution in [3.8, 4) is 0 Å². The minimum atomic E-state index is -0.403. The molecule has 0 radical (unpaired) electrons. The van der Waals surface area contributed by atoms with Crippen LogP contribution in [0.5, 0.6) is 0 Å². The molecule has 0 aliphatic heterocycles. The van der Waals surface area contributed by atoms with Gasteiger partial charge in [0.1, 0.15) is 0 Å². The second kappa shape index (κ2) is 6.77. The van der Waals surface area contributed by atoms with Gasteiger partial charge in [-0.05, 0) is 34.5 Å². The number of halogens is 2. The lowest BCUT2D eigenvalue weighted by molar-refractivity contribution is -0.116. The first-order chi connectivity index (χ1) is 8.10. The molecule has 17 heavy (non-hydrogen) atoms. The molecule has 0 aromatic heterocycles. The molecular formula is C12H12BrClO3. The summed E-state index contributed by atoms with van der Waals surface area (Å²) in [5.41, 5.74) is 1.16. The maximum absolute atomic E-state index is 11.6. The molecule has 0 aliphatic carbocycles. The molecular weight excluding hydrogens is 307 g/mol. The van der Waals surface area contributed by atoms with Crippen LogP contribution in [0.15, 0.2) is 22.7 Å². The van der Waals surface area contributed by atoms with E-state index in [9.17, 15) is 9.59 Å². The summed E-state index contributed by atoms with van der Waals surface area (Å²) in [6.45, 7) is 2.06. The highest BCUT2D eigenvalue weighted by molar-refractivity contribution is 9.10. The third kappa shape index (κ3) is 3.82. The minimum absolute atomic E-state index is 0.0317. The summed E-state index contributed by atoms with van der Waals surface area (Å²) in [6.07, 6.45) is 0.206. The summed E-state index contributed by atoms with van der Waals surface area (Å²) in [7, 11) is 0. The van der Waals surface area contributed by atoms with E-state index < -0.39 is 5.97 Å². The Labute approximate surface area is 113 Å². The van der Waals surface area contributed by atoms with Crippen molar-refractivity contribution in [3.63, 3.8) is 0 Å². The first kappa shape index (κ1) is 14.2. The number of carbonyl (C=O) groups excluding carboxylic acids is 2. The van der Waals surface area contributed by atoms with Crippen LogP contribution >= 0.6 is 27.5 Å². The molecule has 0 heterocycles. The van der Waals surface area contributed by atoms with Crippen molar-refractivity contribution in [3.05, 3.63) is 33.8 Å². The predicted octanol–water partition coefficient (Wildman–Crippen LogP) is 2.98. The maximum Gasteiger partial charge on any atom is 0.339 e. The van der Waals surface area contributed by atoms with Gasteiger partial charge in [0.2, 0.25) is 0 Å². The largest absolute Gasteiger partial charge is 0.462 e. The smallest absolute Gasteiger partial charge is 0.339 e. The first-order valence-corrected chi connectivity index (χ1v) is 6.45. The summed E-state index contributed by atoms with van der Waals surface area (Å²) in [6, 6.07) is 5.14. The normalized spacial score (nSPS) is 10.1. The average Bonchev–Trinajstić information content (AvgIpc) is 2.32. The number of ketones is 1. The van der Waals surface area contributed by atoms with Crippen LogP contribution in [-0.2, 0) is 16.0 Å². The molecule has 0 aliphatic rings. The molecule has 0 bridgehead atoms. The number of hydrogen-bond donors (Lipinski definition) is 0. The Morgan fingerprint density at radius 2 is 2.12 bits per heavy atom. The molecule has 0 amide bonds. The number of hydrogen-bond acceptors (Lipinski definition) is 3. The molecule has 0 N–H and O–H groups in total. The number of carbonyl (C=O) groups is 2. The summed E-state index contributed by atoms with van der Waals surface area (Å²) in [5, 5.41) is 0. The summed E-state index contributed by atoms with van der Waals surface area (Å²) in [5.74, 6) is -0.524. The van der Waals surface area contributed by atoms with E-state index in [0.717, 1.165) is 5.56 Å². The van der Waals surface area contributed by atoms with Crippen LogP contribution in [-0.4, -0.2) is 24.2 Å². The molecule has 0 spiro atoms. The van der Waals surface area contributed by atoms with Crippen molar-refractivity contribution in [2.45, 2.75) is 13.3 Å². The van der Waals surface area contributed by atoms with Crippen LogP contribution in [0, 0.1) is 0 Å². The van der Waals surface area contributed by atoms with E-state index in [1.54, 1.807) is 25.1 Å². The molecule has 92 valence electrons. The number of benzene rings is 1. The highest BCUT2D eigenvalue weighted by atomic mass is 79.9. The summed E-state index contributed by atoms with van der Waals surface area (Å²) >= 11 is 8.76. The molecule has 3 nitrogen and oxygen atoms in total. The predicted molar refractivity (Wildman–Crippen MR) is 69.5 cm³/mol. The van der Waals surface area contributed by atoms with Gasteiger partial charge in [-0.25, -0.2) is 4.79 Å². The van der Waals surface area contributed by atoms with Crippen molar-refractivity contribution < 1.29 is 14.3 Å². The maximum atomic E-state index is 11.6. The number of Topliss-reactive ketones (excluding diaryl/α,β-unsaturated/α-hetero) is 1. The third-order valence-corrected chi connectivity index (χ3v) is 3.35. The van der Waals surface area contributed by atoms with Crippen LogP contribution in [0.25, 0.3) is 0 Å². The Morgan fingerprint density at radius 3 is 2.71 bits per heavy atom. The van der Waals surface area contributed by atoms with Crippen LogP contribution in [0.1, 0.15) is 22.8 Å². The monoisotopic (exact) mass is 318 g/mol. The van der Waals surface area contributed by atoms with Gasteiger partial charge in [0.15, 0.2) is 5.78 Å². The van der Waals surface area contributed by atoms with E-state index in [1.165, 1.54) is 0 Å². The Morgan fingerprint density at radius 1 is 1.41 bits per heavy atom. The van der Waals surface area contributed by atoms with E-state index >= 15 is 0 Å². The van der Waals surface area contributed by atoms with E-state index in [4.69, 9.17) is 16.3 Å². The SMILES string of the molecule is CCOC(=O)c1cccc(CC(=O)CCl)c1Br. The second-order valence-electron chi connectivity index (χ2n) is 3.35. The van der Waals surface area contributed by atoms with Crippen molar-refractivity contribution in [1.29, 1.82) is 0 Å². The lowest BCUT2D eigenvalue weighted by atomic mass is 10.1. The second-order valence-corrected chi connectivity index (χ2v) is 4.41. The highest BCUT2D eigenvalue weighted by Crippen LogP contribution is 2.23. The van der Waals surface area contributed by atoms with E-state index in [2.05, 4.69) is 15.9 Å². The van der Waals surface area contributed by atoms with Gasteiger partial charge < -0.3 is 4.74 Å². The van der Waals surface area contributed by atoms with Crippen molar-refractivity contribution >= 4 is 39.3 Å². The molecule has 0 fully saturated rings. The molecule has 1 aromatic carbocycles. The molecule has 1 aromatic rings. The lowest BCUT2D eigenvalue weighted by Gasteiger charge is -2.08. The van der Waals surface area contributed by atoms with Crippen LogP contribution in [0.4, 0.5) is 0 Å². The Bertz CT molecular complexity index is 432. The number of rotatable bonds is 5. The summed E-state index contributed by atoms with van der Waals surface area (Å²) in [4.78, 5) is 22.9. The standard InChI is InChI=1S/C12H12BrClO3/c1-2-17-12(16)10-5-3-4-8(11(10)13)6-9(15)7-14/h3-5H,2,6-7H2,1H3. The quantitative estimate of drug-likeness (QED) is 0.619. The zero-order valence-electron chi connectivity index (χ0n) is 9.33. The van der Waals surface area contributed by atoms with Gasteiger partial charge >= 0.3 is 5.97 Å². The van der Waals surface area contributed by atoms with Crippen molar-refractivity contribution in [2.24, 2.45) is 0 Å². The topological polar surface area (TPSA) is 43.4 Å². The molecule has 0 saturated carbocycles. The van der Waals surface area contributed by atoms with Crippen LogP contribution in [0.2, 0.25) is 0 Å². The van der Waals surface area contributed by atoms with E-state index in [1.807, 2.05) is 0 Å². The van der Waals surface area contributed by atoms with Crippen LogP contribution < -0.4 is 0 Å². The Kier molecular flexibility index (Phi) is 5.65. The fraction of sp³-hybridized carbons (Fsp3) is 0.333. The van der Waals surface area contributed by atoms with Crippen molar-refractivity contribution in [2.75, 3.05) is 12.5 Å². The van der Waals surface area contributed by atoms with Gasteiger partial charge in [-0.1, -0.05) is 12.1 Å². The number of alkyl halides is 1. The molecule has 1 rings (SSSR count). The van der Waals surface area contributed by atoms with Gasteiger partial charge in [-0.15, -0.1) is 11.6 Å². The zero-order chi connectivity index (χ0) is 12.8. The molecule has 0 atom stereocenters. The van der Waals surface area contributed by atoms with Crippen LogP contribution in [0.3, 0.4) is 0 Å². The van der Waals surface area contributed by atoms with Crippen molar-refractivity contribution in [1.82, 2.24) is 0 Å².